The molecule has 1 heterocycles. The third-order valence-electron chi connectivity index (χ3n) is 2.71. The molecule has 1 aromatic heterocycles. The Balaban J connectivity index is 2.35. The van der Waals surface area contributed by atoms with Gasteiger partial charge in [0.1, 0.15) is 5.58 Å². The summed E-state index contributed by atoms with van der Waals surface area (Å²) in [6.45, 7) is 1.49. The number of fused-ring (bicyclic) bond motifs is 3. The average molecular weight is 225 g/mol. The first kappa shape index (κ1) is 9.90. The monoisotopic (exact) mass is 225 g/mol. The number of hydrogen-bond donors (Lipinski definition) is 1. The quantitative estimate of drug-likeness (QED) is 0.688. The van der Waals surface area contributed by atoms with Crippen LogP contribution in [0.25, 0.3) is 21.9 Å². The van der Waals surface area contributed by atoms with Crippen molar-refractivity contribution in [1.29, 1.82) is 0 Å². The van der Waals surface area contributed by atoms with Crippen LogP contribution in [0.4, 0.5) is 5.69 Å². The molecule has 0 unspecified atom stereocenters. The van der Waals surface area contributed by atoms with Crippen molar-refractivity contribution in [3.63, 3.8) is 0 Å². The van der Waals surface area contributed by atoms with Gasteiger partial charge in [-0.25, -0.2) is 0 Å². The van der Waals surface area contributed by atoms with Crippen LogP contribution in [0.15, 0.2) is 46.9 Å². The highest BCUT2D eigenvalue weighted by molar-refractivity contribution is 6.10. The molecule has 0 saturated carbocycles. The molecule has 3 heteroatoms. The summed E-state index contributed by atoms with van der Waals surface area (Å²) in [4.78, 5) is 11.1. The zero-order valence-corrected chi connectivity index (χ0v) is 9.36. The number of anilines is 1. The van der Waals surface area contributed by atoms with E-state index in [-0.39, 0.29) is 5.91 Å². The number of furan rings is 1. The van der Waals surface area contributed by atoms with Crippen LogP contribution in [0.5, 0.6) is 0 Å². The minimum absolute atomic E-state index is 0.0991. The number of benzene rings is 2. The zero-order valence-electron chi connectivity index (χ0n) is 9.36. The van der Waals surface area contributed by atoms with Crippen LogP contribution >= 0.6 is 0 Å². The predicted molar refractivity (Wildman–Crippen MR) is 68.0 cm³/mol. The third kappa shape index (κ3) is 1.56. The average Bonchev–Trinajstić information content (AvgIpc) is 2.68. The largest absolute Gasteiger partial charge is 0.454 e. The molecule has 2 aromatic carbocycles. The molecule has 3 nitrogen and oxygen atoms in total. The van der Waals surface area contributed by atoms with E-state index in [1.165, 1.54) is 6.92 Å². The molecular weight excluding hydrogens is 214 g/mol. The molecule has 0 atom stereocenters. The van der Waals surface area contributed by atoms with Gasteiger partial charge in [-0.1, -0.05) is 30.3 Å². The lowest BCUT2D eigenvalue weighted by Gasteiger charge is -2.01. The van der Waals surface area contributed by atoms with Crippen molar-refractivity contribution in [3.05, 3.63) is 42.5 Å². The Morgan fingerprint density at radius 3 is 2.65 bits per heavy atom. The maximum absolute atomic E-state index is 11.1. The van der Waals surface area contributed by atoms with Crippen LogP contribution in [-0.2, 0) is 4.79 Å². The first-order valence-corrected chi connectivity index (χ1v) is 5.43. The van der Waals surface area contributed by atoms with Crippen LogP contribution in [-0.4, -0.2) is 5.91 Å². The van der Waals surface area contributed by atoms with Gasteiger partial charge in [-0.3, -0.25) is 4.79 Å². The number of hydrogen-bond acceptors (Lipinski definition) is 2. The highest BCUT2D eigenvalue weighted by atomic mass is 16.3. The smallest absolute Gasteiger partial charge is 0.221 e. The SMILES string of the molecule is CC(=O)Nc1cccc2c1oc1ccccc12. The number of carbonyl (C=O) groups excluding carboxylic acids is 1. The van der Waals surface area contributed by atoms with Gasteiger partial charge in [0.15, 0.2) is 5.58 Å². The van der Waals surface area contributed by atoms with Crippen molar-refractivity contribution in [1.82, 2.24) is 0 Å². The summed E-state index contributed by atoms with van der Waals surface area (Å²) in [6, 6.07) is 13.6. The molecule has 1 N–H and O–H groups in total. The fourth-order valence-electron chi connectivity index (χ4n) is 2.04. The second-order valence-corrected chi connectivity index (χ2v) is 3.96. The molecule has 84 valence electrons. The van der Waals surface area contributed by atoms with E-state index in [9.17, 15) is 4.79 Å². The minimum atomic E-state index is -0.0991. The maximum atomic E-state index is 11.1. The maximum Gasteiger partial charge on any atom is 0.221 e. The molecule has 0 spiro atoms. The lowest BCUT2D eigenvalue weighted by molar-refractivity contribution is -0.114. The Morgan fingerprint density at radius 1 is 1.06 bits per heavy atom. The summed E-state index contributed by atoms with van der Waals surface area (Å²) in [5.74, 6) is -0.0991. The van der Waals surface area contributed by atoms with E-state index in [1.54, 1.807) is 0 Å². The summed E-state index contributed by atoms with van der Waals surface area (Å²) >= 11 is 0. The highest BCUT2D eigenvalue weighted by Crippen LogP contribution is 2.32. The first-order chi connectivity index (χ1) is 8.25. The topological polar surface area (TPSA) is 42.2 Å². The molecule has 0 bridgehead atoms. The van der Waals surface area contributed by atoms with Gasteiger partial charge >= 0.3 is 0 Å². The van der Waals surface area contributed by atoms with Crippen LogP contribution in [0.2, 0.25) is 0 Å². The van der Waals surface area contributed by atoms with Crippen LogP contribution in [0.3, 0.4) is 0 Å². The Hall–Kier alpha value is -2.29. The van der Waals surface area contributed by atoms with E-state index in [0.717, 1.165) is 21.9 Å². The van der Waals surface area contributed by atoms with Crippen molar-refractivity contribution in [2.45, 2.75) is 6.92 Å². The lowest BCUT2D eigenvalue weighted by atomic mass is 10.1. The van der Waals surface area contributed by atoms with Gasteiger partial charge in [0.25, 0.3) is 0 Å². The number of para-hydroxylation sites is 2. The van der Waals surface area contributed by atoms with E-state index < -0.39 is 0 Å². The van der Waals surface area contributed by atoms with Crippen molar-refractivity contribution in [2.75, 3.05) is 5.32 Å². The third-order valence-corrected chi connectivity index (χ3v) is 2.71. The standard InChI is InChI=1S/C14H11NO2/c1-9(16)15-12-7-4-6-11-10-5-2-3-8-13(10)17-14(11)12/h2-8H,1H3,(H,15,16). The van der Waals surface area contributed by atoms with E-state index in [1.807, 2.05) is 42.5 Å². The molecule has 0 aliphatic rings. The minimum Gasteiger partial charge on any atom is -0.454 e. The first-order valence-electron chi connectivity index (χ1n) is 5.43. The van der Waals surface area contributed by atoms with E-state index in [2.05, 4.69) is 5.32 Å². The van der Waals surface area contributed by atoms with Gasteiger partial charge in [0, 0.05) is 17.7 Å². The van der Waals surface area contributed by atoms with Crippen molar-refractivity contribution in [3.8, 4) is 0 Å². The molecule has 0 saturated heterocycles. The Morgan fingerprint density at radius 2 is 1.82 bits per heavy atom. The van der Waals surface area contributed by atoms with Crippen LogP contribution in [0, 0.1) is 0 Å². The van der Waals surface area contributed by atoms with Gasteiger partial charge in [0.05, 0.1) is 5.69 Å². The molecule has 0 radical (unpaired) electrons. The Kier molecular flexibility index (Phi) is 2.11. The highest BCUT2D eigenvalue weighted by Gasteiger charge is 2.10. The van der Waals surface area contributed by atoms with Gasteiger partial charge < -0.3 is 9.73 Å². The fourth-order valence-corrected chi connectivity index (χ4v) is 2.04. The molecule has 1 amide bonds. The number of carbonyl (C=O) groups is 1. The van der Waals surface area contributed by atoms with Gasteiger partial charge in [-0.15, -0.1) is 0 Å². The molecule has 3 aromatic rings. The normalized spacial score (nSPS) is 10.9. The summed E-state index contributed by atoms with van der Waals surface area (Å²) < 4.78 is 5.77. The predicted octanol–water partition coefficient (Wildman–Crippen LogP) is 3.54. The summed E-state index contributed by atoms with van der Waals surface area (Å²) in [5, 5.41) is 4.86. The van der Waals surface area contributed by atoms with Crippen molar-refractivity contribution < 1.29 is 9.21 Å². The molecule has 17 heavy (non-hydrogen) atoms. The second-order valence-electron chi connectivity index (χ2n) is 3.96. The summed E-state index contributed by atoms with van der Waals surface area (Å²) in [5.41, 5.74) is 2.27. The number of rotatable bonds is 1. The second kappa shape index (κ2) is 3.63. The van der Waals surface area contributed by atoms with Gasteiger partial charge in [-0.2, -0.15) is 0 Å². The molecule has 0 fully saturated rings. The Bertz CT molecular complexity index is 712. The molecular formula is C14H11NO2. The molecule has 0 aliphatic carbocycles. The molecule has 3 rings (SSSR count). The van der Waals surface area contributed by atoms with E-state index >= 15 is 0 Å². The number of amides is 1. The van der Waals surface area contributed by atoms with Crippen LogP contribution in [0.1, 0.15) is 6.92 Å². The van der Waals surface area contributed by atoms with E-state index in [0.29, 0.717) is 5.69 Å². The Labute approximate surface area is 98.0 Å². The fraction of sp³-hybridized carbons (Fsp3) is 0.0714. The van der Waals surface area contributed by atoms with Crippen LogP contribution < -0.4 is 5.32 Å². The van der Waals surface area contributed by atoms with E-state index in [4.69, 9.17) is 4.42 Å². The summed E-state index contributed by atoms with van der Waals surface area (Å²) in [7, 11) is 0. The van der Waals surface area contributed by atoms with Gasteiger partial charge in [0.2, 0.25) is 5.91 Å². The van der Waals surface area contributed by atoms with Crippen molar-refractivity contribution in [2.24, 2.45) is 0 Å². The number of nitrogens with one attached hydrogen (secondary N) is 1. The van der Waals surface area contributed by atoms with Gasteiger partial charge in [-0.05, 0) is 12.1 Å². The molecule has 0 aliphatic heterocycles. The van der Waals surface area contributed by atoms with Crippen molar-refractivity contribution >= 4 is 33.5 Å². The zero-order chi connectivity index (χ0) is 11.8. The summed E-state index contributed by atoms with van der Waals surface area (Å²) in [6.07, 6.45) is 0. The lowest BCUT2D eigenvalue weighted by Crippen LogP contribution is -2.05.